The van der Waals surface area contributed by atoms with Crippen LogP contribution in [0.3, 0.4) is 0 Å². The quantitative estimate of drug-likeness (QED) is 0.585. The summed E-state index contributed by atoms with van der Waals surface area (Å²) in [5.41, 5.74) is 0.532. The Morgan fingerprint density at radius 3 is 2.33 bits per heavy atom. The van der Waals surface area contributed by atoms with Gasteiger partial charge < -0.3 is 14.8 Å². The third-order valence-electron chi connectivity index (χ3n) is 5.32. The van der Waals surface area contributed by atoms with Gasteiger partial charge in [-0.2, -0.15) is 0 Å². The number of methoxy groups -OCH3 is 1. The van der Waals surface area contributed by atoms with Gasteiger partial charge in [0.2, 0.25) is 0 Å². The van der Waals surface area contributed by atoms with E-state index >= 15 is 0 Å². The maximum Gasteiger partial charge on any atom is 0.0700 e. The molecule has 0 atom stereocenters. The minimum atomic E-state index is 0.532. The van der Waals surface area contributed by atoms with Crippen molar-refractivity contribution >= 4 is 0 Å². The van der Waals surface area contributed by atoms with Gasteiger partial charge in [0.1, 0.15) is 0 Å². The summed E-state index contributed by atoms with van der Waals surface area (Å²) in [6, 6.07) is 0.753. The Balaban J connectivity index is 1.98. The number of rotatable bonds is 11. The number of unbranched alkanes of at least 4 members (excludes halogenated alkanes) is 1. The second-order valence-electron chi connectivity index (χ2n) is 7.16. The lowest BCUT2D eigenvalue weighted by atomic mass is 9.69. The number of nitrogens with one attached hydrogen (secondary N) is 1. The second-order valence-corrected chi connectivity index (χ2v) is 7.16. The van der Waals surface area contributed by atoms with Gasteiger partial charge in [-0.15, -0.1) is 0 Å². The summed E-state index contributed by atoms with van der Waals surface area (Å²) < 4.78 is 10.4. The van der Waals surface area contributed by atoms with Crippen molar-refractivity contribution in [2.45, 2.75) is 71.8 Å². The summed E-state index contributed by atoms with van der Waals surface area (Å²) in [6.45, 7) is 10.6. The average Bonchev–Trinajstić information content (AvgIpc) is 2.50. The highest BCUT2D eigenvalue weighted by atomic mass is 16.5. The van der Waals surface area contributed by atoms with E-state index in [1.165, 1.54) is 38.5 Å². The predicted octanol–water partition coefficient (Wildman–Crippen LogP) is 4.01. The van der Waals surface area contributed by atoms with Crippen molar-refractivity contribution in [1.82, 2.24) is 5.32 Å². The molecule has 0 aromatic heterocycles. The first kappa shape index (κ1) is 18.9. The summed E-state index contributed by atoms with van der Waals surface area (Å²) in [5, 5.41) is 3.73. The molecule has 1 fully saturated rings. The normalized spacial score (nSPS) is 23.4. The first-order valence-electron chi connectivity index (χ1n) is 8.90. The number of hydrogen-bond acceptors (Lipinski definition) is 3. The summed E-state index contributed by atoms with van der Waals surface area (Å²) in [4.78, 5) is 0. The van der Waals surface area contributed by atoms with Crippen molar-refractivity contribution in [3.8, 4) is 0 Å². The average molecular weight is 299 g/mol. The van der Waals surface area contributed by atoms with Gasteiger partial charge in [-0.05, 0) is 56.4 Å². The number of ether oxygens (including phenoxy) is 2. The molecule has 3 nitrogen and oxygen atoms in total. The van der Waals surface area contributed by atoms with Crippen LogP contribution in [0.1, 0.15) is 65.7 Å². The van der Waals surface area contributed by atoms with Crippen LogP contribution in [0, 0.1) is 11.3 Å². The summed E-state index contributed by atoms with van der Waals surface area (Å²) in [7, 11) is 1.71. The van der Waals surface area contributed by atoms with Gasteiger partial charge in [0.05, 0.1) is 13.2 Å². The van der Waals surface area contributed by atoms with Crippen molar-refractivity contribution in [3.05, 3.63) is 0 Å². The van der Waals surface area contributed by atoms with E-state index in [1.807, 2.05) is 0 Å². The molecule has 0 radical (unpaired) electrons. The van der Waals surface area contributed by atoms with E-state index in [-0.39, 0.29) is 0 Å². The van der Waals surface area contributed by atoms with E-state index in [1.54, 1.807) is 7.11 Å². The zero-order chi connectivity index (χ0) is 15.6. The molecule has 1 N–H and O–H groups in total. The maximum absolute atomic E-state index is 5.48. The van der Waals surface area contributed by atoms with Gasteiger partial charge in [0.15, 0.2) is 0 Å². The van der Waals surface area contributed by atoms with Crippen LogP contribution in [0.2, 0.25) is 0 Å². The van der Waals surface area contributed by atoms with E-state index in [2.05, 4.69) is 26.1 Å². The van der Waals surface area contributed by atoms with Crippen LogP contribution in [0.25, 0.3) is 0 Å². The lowest BCUT2D eigenvalue weighted by Gasteiger charge is -2.39. The van der Waals surface area contributed by atoms with Crippen molar-refractivity contribution in [2.24, 2.45) is 11.3 Å². The molecule has 0 amide bonds. The van der Waals surface area contributed by atoms with Gasteiger partial charge in [-0.1, -0.05) is 27.2 Å². The largest absolute Gasteiger partial charge is 0.382 e. The Morgan fingerprint density at radius 1 is 1.00 bits per heavy atom. The highest BCUT2D eigenvalue weighted by Gasteiger charge is 2.31. The fraction of sp³-hybridized carbons (Fsp3) is 1.00. The van der Waals surface area contributed by atoms with Crippen LogP contribution in [-0.4, -0.2) is 39.5 Å². The van der Waals surface area contributed by atoms with E-state index in [0.717, 1.165) is 38.1 Å². The summed E-state index contributed by atoms with van der Waals surface area (Å²) in [5.74, 6) is 0.926. The SMILES string of the molecule is CCC(C)(C)C1CCC(NCCCCOCCOC)CC1. The molecule has 0 spiro atoms. The fourth-order valence-electron chi connectivity index (χ4n) is 3.25. The Morgan fingerprint density at radius 2 is 1.71 bits per heavy atom. The minimum Gasteiger partial charge on any atom is -0.382 e. The molecule has 0 heterocycles. The molecule has 1 rings (SSSR count). The lowest BCUT2D eigenvalue weighted by molar-refractivity contribution is 0.0686. The second kappa shape index (κ2) is 10.6. The van der Waals surface area contributed by atoms with Gasteiger partial charge in [0.25, 0.3) is 0 Å². The van der Waals surface area contributed by atoms with Crippen molar-refractivity contribution < 1.29 is 9.47 Å². The molecule has 3 heteroatoms. The topological polar surface area (TPSA) is 30.5 Å². The third-order valence-corrected chi connectivity index (χ3v) is 5.32. The van der Waals surface area contributed by atoms with Crippen LogP contribution < -0.4 is 5.32 Å². The molecule has 0 bridgehead atoms. The molecular formula is C18H37NO2. The van der Waals surface area contributed by atoms with E-state index in [4.69, 9.17) is 9.47 Å². The molecule has 1 aliphatic rings. The summed E-state index contributed by atoms with van der Waals surface area (Å²) in [6.07, 6.45) is 9.19. The molecule has 0 unspecified atom stereocenters. The fourth-order valence-corrected chi connectivity index (χ4v) is 3.25. The van der Waals surface area contributed by atoms with Gasteiger partial charge in [-0.25, -0.2) is 0 Å². The van der Waals surface area contributed by atoms with Crippen LogP contribution >= 0.6 is 0 Å². The maximum atomic E-state index is 5.48. The zero-order valence-corrected chi connectivity index (χ0v) is 14.7. The first-order chi connectivity index (χ1) is 10.1. The summed E-state index contributed by atoms with van der Waals surface area (Å²) >= 11 is 0. The molecule has 0 aromatic rings. The number of hydrogen-bond donors (Lipinski definition) is 1. The van der Waals surface area contributed by atoms with Crippen LogP contribution in [-0.2, 0) is 9.47 Å². The van der Waals surface area contributed by atoms with Gasteiger partial charge in [-0.3, -0.25) is 0 Å². The predicted molar refractivity (Wildman–Crippen MR) is 89.7 cm³/mol. The molecule has 0 aliphatic heterocycles. The van der Waals surface area contributed by atoms with Crippen molar-refractivity contribution in [2.75, 3.05) is 33.5 Å². The zero-order valence-electron chi connectivity index (χ0n) is 14.7. The molecule has 0 saturated heterocycles. The lowest BCUT2D eigenvalue weighted by Crippen LogP contribution is -2.37. The van der Waals surface area contributed by atoms with Crippen LogP contribution in [0.5, 0.6) is 0 Å². The molecule has 126 valence electrons. The Kier molecular flexibility index (Phi) is 9.54. The Labute approximate surface area is 132 Å². The highest BCUT2D eigenvalue weighted by Crippen LogP contribution is 2.40. The monoisotopic (exact) mass is 299 g/mol. The first-order valence-corrected chi connectivity index (χ1v) is 8.90. The third kappa shape index (κ3) is 7.62. The molecule has 0 aromatic carbocycles. The standard InChI is InChI=1S/C18H37NO2/c1-5-18(2,3)16-8-10-17(11-9-16)19-12-6-7-13-21-15-14-20-4/h16-17,19H,5-15H2,1-4H3. The Bertz CT molecular complexity index is 248. The molecule has 1 aliphatic carbocycles. The molecule has 21 heavy (non-hydrogen) atoms. The van der Waals surface area contributed by atoms with Crippen LogP contribution in [0.4, 0.5) is 0 Å². The van der Waals surface area contributed by atoms with Gasteiger partial charge >= 0.3 is 0 Å². The van der Waals surface area contributed by atoms with Gasteiger partial charge in [0, 0.05) is 19.8 Å². The van der Waals surface area contributed by atoms with E-state index < -0.39 is 0 Å². The molecular weight excluding hydrogens is 262 g/mol. The Hall–Kier alpha value is -0.120. The smallest absolute Gasteiger partial charge is 0.0700 e. The van der Waals surface area contributed by atoms with Crippen LogP contribution in [0.15, 0.2) is 0 Å². The van der Waals surface area contributed by atoms with Crippen molar-refractivity contribution in [1.29, 1.82) is 0 Å². The van der Waals surface area contributed by atoms with E-state index in [0.29, 0.717) is 12.0 Å². The highest BCUT2D eigenvalue weighted by molar-refractivity contribution is 4.84. The van der Waals surface area contributed by atoms with Crippen molar-refractivity contribution in [3.63, 3.8) is 0 Å². The molecule has 1 saturated carbocycles. The van der Waals surface area contributed by atoms with E-state index in [9.17, 15) is 0 Å². The minimum absolute atomic E-state index is 0.532.